The van der Waals surface area contributed by atoms with Gasteiger partial charge < -0.3 is 20.3 Å². The molecule has 0 aliphatic rings. The average Bonchev–Trinajstić information content (AvgIpc) is 3.10. The summed E-state index contributed by atoms with van der Waals surface area (Å²) in [5.74, 6) is 1.54. The van der Waals surface area contributed by atoms with Crippen molar-refractivity contribution in [3.05, 3.63) is 65.3 Å². The third-order valence-corrected chi connectivity index (χ3v) is 3.75. The number of hydrogen-bond donors (Lipinski definition) is 2. The Kier molecular flexibility index (Phi) is 5.20. The molecule has 0 spiro atoms. The van der Waals surface area contributed by atoms with Gasteiger partial charge in [0.15, 0.2) is 11.7 Å². The molecule has 1 aromatic heterocycles. The molecule has 0 bridgehead atoms. The van der Waals surface area contributed by atoms with Gasteiger partial charge in [0.1, 0.15) is 11.4 Å². The van der Waals surface area contributed by atoms with Crippen LogP contribution in [0.4, 0.5) is 5.69 Å². The van der Waals surface area contributed by atoms with Crippen LogP contribution in [0.15, 0.2) is 64.1 Å². The highest BCUT2D eigenvalue weighted by Gasteiger charge is 2.06. The van der Waals surface area contributed by atoms with E-state index in [1.54, 1.807) is 25.3 Å². The zero-order valence-electron chi connectivity index (χ0n) is 13.6. The molecule has 0 saturated carbocycles. The van der Waals surface area contributed by atoms with Crippen LogP contribution in [0.25, 0.3) is 11.3 Å². The number of ether oxygens (including phenoxy) is 1. The number of aliphatic imine (C=N–C) groups is 1. The van der Waals surface area contributed by atoms with Crippen molar-refractivity contribution in [1.29, 1.82) is 0 Å². The van der Waals surface area contributed by atoms with Gasteiger partial charge in [-0.3, -0.25) is 0 Å². The summed E-state index contributed by atoms with van der Waals surface area (Å²) >= 11 is 6.08. The topological polar surface area (TPSA) is 85.7 Å². The average molecular weight is 357 g/mol. The van der Waals surface area contributed by atoms with Crippen LogP contribution < -0.4 is 15.8 Å². The summed E-state index contributed by atoms with van der Waals surface area (Å²) in [5.41, 5.74) is 8.27. The van der Waals surface area contributed by atoms with Crippen molar-refractivity contribution in [2.75, 3.05) is 12.4 Å². The van der Waals surface area contributed by atoms with Crippen molar-refractivity contribution in [2.45, 2.75) is 6.54 Å². The van der Waals surface area contributed by atoms with E-state index < -0.39 is 0 Å². The van der Waals surface area contributed by atoms with E-state index in [-0.39, 0.29) is 5.96 Å². The summed E-state index contributed by atoms with van der Waals surface area (Å²) < 4.78 is 10.4. The lowest BCUT2D eigenvalue weighted by Crippen LogP contribution is -2.22. The van der Waals surface area contributed by atoms with Gasteiger partial charge in [-0.2, -0.15) is 0 Å². The Labute approximate surface area is 150 Å². The van der Waals surface area contributed by atoms with E-state index in [2.05, 4.69) is 15.5 Å². The number of rotatable bonds is 5. The van der Waals surface area contributed by atoms with E-state index in [1.165, 1.54) is 0 Å². The third-order valence-electron chi connectivity index (χ3n) is 3.45. The minimum atomic E-state index is 0.255. The number of anilines is 1. The van der Waals surface area contributed by atoms with Gasteiger partial charge >= 0.3 is 0 Å². The zero-order chi connectivity index (χ0) is 17.6. The van der Waals surface area contributed by atoms with Crippen LogP contribution in [0.2, 0.25) is 5.02 Å². The molecule has 0 aliphatic carbocycles. The number of benzene rings is 2. The summed E-state index contributed by atoms with van der Waals surface area (Å²) in [5, 5.41) is 7.47. The standard InChI is InChI=1S/C18H17ClN4O2/c1-24-16-8-7-13(9-15(16)19)22-18(20)21-11-14-10-17(25-23-14)12-5-3-2-4-6-12/h2-10H,11H2,1H3,(H3,20,21,22). The molecule has 0 atom stereocenters. The number of nitrogens with two attached hydrogens (primary N) is 1. The second kappa shape index (κ2) is 7.72. The van der Waals surface area contributed by atoms with E-state index in [1.807, 2.05) is 36.4 Å². The van der Waals surface area contributed by atoms with Gasteiger partial charge in [-0.25, -0.2) is 4.99 Å². The SMILES string of the molecule is COc1ccc(NC(N)=NCc2cc(-c3ccccc3)on2)cc1Cl. The second-order valence-corrected chi connectivity index (χ2v) is 5.63. The molecule has 2 aromatic carbocycles. The molecule has 0 saturated heterocycles. The fourth-order valence-electron chi connectivity index (χ4n) is 2.22. The summed E-state index contributed by atoms with van der Waals surface area (Å²) in [4.78, 5) is 4.26. The highest BCUT2D eigenvalue weighted by atomic mass is 35.5. The first kappa shape index (κ1) is 16.9. The van der Waals surface area contributed by atoms with Crippen LogP contribution in [-0.2, 0) is 6.54 Å². The molecule has 0 fully saturated rings. The molecule has 3 rings (SSSR count). The molecule has 0 amide bonds. The monoisotopic (exact) mass is 356 g/mol. The molecule has 25 heavy (non-hydrogen) atoms. The predicted octanol–water partition coefficient (Wildman–Crippen LogP) is 3.93. The van der Waals surface area contributed by atoms with Crippen LogP contribution in [0.5, 0.6) is 5.75 Å². The fourth-order valence-corrected chi connectivity index (χ4v) is 2.48. The smallest absolute Gasteiger partial charge is 0.193 e. The second-order valence-electron chi connectivity index (χ2n) is 5.22. The molecule has 128 valence electrons. The van der Waals surface area contributed by atoms with Gasteiger partial charge in [-0.05, 0) is 18.2 Å². The number of guanidine groups is 1. The van der Waals surface area contributed by atoms with Gasteiger partial charge in [0.25, 0.3) is 0 Å². The molecule has 1 heterocycles. The Morgan fingerprint density at radius 2 is 2.04 bits per heavy atom. The van der Waals surface area contributed by atoms with Crippen LogP contribution in [0.1, 0.15) is 5.69 Å². The molecule has 0 aliphatic heterocycles. The molecule has 7 heteroatoms. The zero-order valence-corrected chi connectivity index (χ0v) is 14.3. The lowest BCUT2D eigenvalue weighted by atomic mass is 10.2. The minimum absolute atomic E-state index is 0.255. The Morgan fingerprint density at radius 1 is 1.24 bits per heavy atom. The highest BCUT2D eigenvalue weighted by molar-refractivity contribution is 6.32. The molecule has 0 unspecified atom stereocenters. The quantitative estimate of drug-likeness (QED) is 0.534. The number of hydrogen-bond acceptors (Lipinski definition) is 4. The lowest BCUT2D eigenvalue weighted by Gasteiger charge is -2.08. The normalized spacial score (nSPS) is 11.4. The number of nitrogens with zero attached hydrogens (tertiary/aromatic N) is 2. The summed E-state index contributed by atoms with van der Waals surface area (Å²) in [6, 6.07) is 16.9. The summed E-state index contributed by atoms with van der Waals surface area (Å²) in [6.45, 7) is 0.305. The summed E-state index contributed by atoms with van der Waals surface area (Å²) in [7, 11) is 1.56. The maximum atomic E-state index is 6.08. The molecule has 0 radical (unpaired) electrons. The highest BCUT2D eigenvalue weighted by Crippen LogP contribution is 2.27. The van der Waals surface area contributed by atoms with Gasteiger partial charge in [-0.1, -0.05) is 47.1 Å². The lowest BCUT2D eigenvalue weighted by molar-refractivity contribution is 0.415. The number of aromatic nitrogens is 1. The van der Waals surface area contributed by atoms with Gasteiger partial charge in [-0.15, -0.1) is 0 Å². The number of methoxy groups -OCH3 is 1. The first-order valence-electron chi connectivity index (χ1n) is 7.57. The van der Waals surface area contributed by atoms with E-state index in [9.17, 15) is 0 Å². The first-order chi connectivity index (χ1) is 12.2. The molecule has 6 nitrogen and oxygen atoms in total. The molecular formula is C18H17ClN4O2. The van der Waals surface area contributed by atoms with E-state index in [0.29, 0.717) is 28.8 Å². The van der Waals surface area contributed by atoms with Crippen LogP contribution in [0.3, 0.4) is 0 Å². The number of halogens is 1. The number of nitrogens with one attached hydrogen (secondary N) is 1. The van der Waals surface area contributed by atoms with Crippen molar-refractivity contribution in [3.8, 4) is 17.1 Å². The third kappa shape index (κ3) is 4.30. The Bertz CT molecular complexity index is 878. The van der Waals surface area contributed by atoms with Crippen LogP contribution >= 0.6 is 11.6 Å². The molecule has 3 N–H and O–H groups in total. The van der Waals surface area contributed by atoms with E-state index in [4.69, 9.17) is 26.6 Å². The molecular weight excluding hydrogens is 340 g/mol. The van der Waals surface area contributed by atoms with Gasteiger partial charge in [0, 0.05) is 17.3 Å². The summed E-state index contributed by atoms with van der Waals surface area (Å²) in [6.07, 6.45) is 0. The van der Waals surface area contributed by atoms with Crippen molar-refractivity contribution in [3.63, 3.8) is 0 Å². The Hall–Kier alpha value is -2.99. The Balaban J connectivity index is 1.64. The minimum Gasteiger partial charge on any atom is -0.495 e. The fraction of sp³-hybridized carbons (Fsp3) is 0.111. The maximum Gasteiger partial charge on any atom is 0.193 e. The van der Waals surface area contributed by atoms with Gasteiger partial charge in [0.05, 0.1) is 18.7 Å². The van der Waals surface area contributed by atoms with Crippen molar-refractivity contribution < 1.29 is 9.26 Å². The van der Waals surface area contributed by atoms with Crippen molar-refractivity contribution >= 4 is 23.2 Å². The van der Waals surface area contributed by atoms with Gasteiger partial charge in [0.2, 0.25) is 0 Å². The predicted molar refractivity (Wildman–Crippen MR) is 98.9 cm³/mol. The first-order valence-corrected chi connectivity index (χ1v) is 7.95. The largest absolute Gasteiger partial charge is 0.495 e. The Morgan fingerprint density at radius 3 is 2.76 bits per heavy atom. The maximum absolute atomic E-state index is 6.08. The van der Waals surface area contributed by atoms with Crippen molar-refractivity contribution in [1.82, 2.24) is 5.16 Å². The van der Waals surface area contributed by atoms with E-state index in [0.717, 1.165) is 11.3 Å². The molecule has 3 aromatic rings. The van der Waals surface area contributed by atoms with Crippen molar-refractivity contribution in [2.24, 2.45) is 10.7 Å². The van der Waals surface area contributed by atoms with E-state index >= 15 is 0 Å². The van der Waals surface area contributed by atoms with Crippen LogP contribution in [0, 0.1) is 0 Å². The van der Waals surface area contributed by atoms with Crippen LogP contribution in [-0.4, -0.2) is 18.2 Å².